The van der Waals surface area contributed by atoms with Gasteiger partial charge in [0.05, 0.1) is 38.8 Å². The number of nitrogen functional groups attached to an aromatic ring is 1. The van der Waals surface area contributed by atoms with Gasteiger partial charge in [0.25, 0.3) is 0 Å². The highest BCUT2D eigenvalue weighted by Gasteiger charge is 2.51. The summed E-state index contributed by atoms with van der Waals surface area (Å²) in [5.74, 6) is -1.21. The molecule has 2 saturated heterocycles. The summed E-state index contributed by atoms with van der Waals surface area (Å²) in [4.78, 5) is 16.8. The topological polar surface area (TPSA) is 113 Å². The van der Waals surface area contributed by atoms with Crippen LogP contribution < -0.4 is 20.1 Å². The van der Waals surface area contributed by atoms with E-state index in [2.05, 4.69) is 25.9 Å². The van der Waals surface area contributed by atoms with Crippen LogP contribution in [-0.2, 0) is 6.18 Å². The van der Waals surface area contributed by atoms with E-state index in [0.29, 0.717) is 38.8 Å². The summed E-state index contributed by atoms with van der Waals surface area (Å²) in [6.45, 7) is 2.74. The Kier molecular flexibility index (Phi) is 7.59. The largest absolute Gasteiger partial charge is 0.485 e. The van der Waals surface area contributed by atoms with Crippen LogP contribution in [0, 0.1) is 30.0 Å². The first-order valence-electron chi connectivity index (χ1n) is 15.6. The Balaban J connectivity index is 1.43. The molecule has 7 rings (SSSR count). The first kappa shape index (κ1) is 31.9. The van der Waals surface area contributed by atoms with Crippen LogP contribution in [0.25, 0.3) is 22.2 Å². The van der Waals surface area contributed by atoms with Gasteiger partial charge in [0.1, 0.15) is 35.5 Å². The first-order valence-corrected chi connectivity index (χ1v) is 16.0. The molecule has 15 heteroatoms. The van der Waals surface area contributed by atoms with Crippen LogP contribution in [0.3, 0.4) is 0 Å². The minimum atomic E-state index is -4.93. The van der Waals surface area contributed by atoms with Crippen LogP contribution in [0.15, 0.2) is 6.07 Å². The molecule has 3 aliphatic heterocycles. The van der Waals surface area contributed by atoms with E-state index >= 15 is 4.39 Å². The Labute approximate surface area is 272 Å². The van der Waals surface area contributed by atoms with E-state index in [1.165, 1.54) is 6.92 Å². The number of nitrogens with two attached hydrogens (primary N) is 1. The van der Waals surface area contributed by atoms with Crippen molar-refractivity contribution >= 4 is 34.1 Å². The van der Waals surface area contributed by atoms with E-state index < -0.39 is 51.1 Å². The van der Waals surface area contributed by atoms with Gasteiger partial charge in [0.2, 0.25) is 0 Å². The molecule has 2 aromatic heterocycles. The molecule has 1 saturated carbocycles. The fourth-order valence-electron chi connectivity index (χ4n) is 8.06. The molecule has 2 atom stereocenters. The van der Waals surface area contributed by atoms with Crippen molar-refractivity contribution in [3.05, 3.63) is 28.0 Å². The highest BCUT2D eigenvalue weighted by Crippen LogP contribution is 2.54. The maximum absolute atomic E-state index is 16.9. The van der Waals surface area contributed by atoms with Gasteiger partial charge in [-0.25, -0.2) is 13.8 Å². The van der Waals surface area contributed by atoms with Crippen molar-refractivity contribution in [1.29, 1.82) is 5.26 Å². The molecule has 250 valence electrons. The van der Waals surface area contributed by atoms with E-state index in [1.54, 1.807) is 11.9 Å². The Hall–Kier alpha value is -3.70. The number of aromatic nitrogens is 3. The molecule has 0 bridgehead atoms. The van der Waals surface area contributed by atoms with Gasteiger partial charge in [-0.05, 0) is 56.7 Å². The number of pyridine rings is 1. The van der Waals surface area contributed by atoms with E-state index in [1.807, 2.05) is 0 Å². The first-order chi connectivity index (χ1) is 22.2. The number of ether oxygens (including phenoxy) is 2. The predicted octanol–water partition coefficient (Wildman–Crippen LogP) is 6.63. The molecule has 0 amide bonds. The number of nitrogens with zero attached hydrogens (tertiary/aromatic N) is 6. The summed E-state index contributed by atoms with van der Waals surface area (Å²) >= 11 is 6.89. The van der Waals surface area contributed by atoms with Gasteiger partial charge >= 0.3 is 12.2 Å². The molecular formula is C32H33ClF5N7O2. The van der Waals surface area contributed by atoms with Crippen LogP contribution in [0.4, 0.5) is 33.6 Å². The Morgan fingerprint density at radius 1 is 1.19 bits per heavy atom. The van der Waals surface area contributed by atoms with Crippen LogP contribution in [-0.4, -0.2) is 70.5 Å². The predicted molar refractivity (Wildman–Crippen MR) is 165 cm³/mol. The van der Waals surface area contributed by atoms with Gasteiger partial charge < -0.3 is 20.1 Å². The van der Waals surface area contributed by atoms with Gasteiger partial charge in [0, 0.05) is 39.4 Å². The minimum Gasteiger partial charge on any atom is -0.485 e. The summed E-state index contributed by atoms with van der Waals surface area (Å²) < 4.78 is 87.5. The normalized spacial score (nSPS) is 27.3. The maximum atomic E-state index is 16.9. The SMILES string of the molecule is Cc1cc(N)nc(-c2c(Cl)c3c4c(nc(OC[C@@]56CCCN5C[C@H](F)C6)nc4c2F)N(C)CCC2(CC(CC#N)C2)O3)c1C(F)(F)F. The molecule has 1 aliphatic carbocycles. The summed E-state index contributed by atoms with van der Waals surface area (Å²) in [5.41, 5.74) is 1.30. The van der Waals surface area contributed by atoms with E-state index in [9.17, 15) is 22.8 Å². The molecule has 47 heavy (non-hydrogen) atoms. The molecule has 4 aliphatic rings. The lowest BCUT2D eigenvalue weighted by Gasteiger charge is -2.49. The number of rotatable bonds is 5. The van der Waals surface area contributed by atoms with Crippen LogP contribution in [0.1, 0.15) is 56.1 Å². The second-order valence-electron chi connectivity index (χ2n) is 13.4. The smallest absolute Gasteiger partial charge is 0.418 e. The van der Waals surface area contributed by atoms with E-state index in [-0.39, 0.29) is 58.8 Å². The lowest BCUT2D eigenvalue weighted by atomic mass is 9.67. The minimum absolute atomic E-state index is 0.0606. The molecule has 3 fully saturated rings. The number of benzene rings is 1. The molecule has 0 radical (unpaired) electrons. The average molecular weight is 678 g/mol. The lowest BCUT2D eigenvalue weighted by Crippen LogP contribution is -2.51. The van der Waals surface area contributed by atoms with Crippen LogP contribution >= 0.6 is 11.6 Å². The molecular weight excluding hydrogens is 645 g/mol. The van der Waals surface area contributed by atoms with Gasteiger partial charge in [-0.1, -0.05) is 11.6 Å². The fourth-order valence-corrected chi connectivity index (χ4v) is 8.37. The molecule has 2 N–H and O–H groups in total. The highest BCUT2D eigenvalue weighted by atomic mass is 35.5. The molecule has 1 spiro atoms. The number of nitriles is 1. The third-order valence-electron chi connectivity index (χ3n) is 10.2. The third kappa shape index (κ3) is 5.26. The summed E-state index contributed by atoms with van der Waals surface area (Å²) in [6.07, 6.45) is -2.22. The average Bonchev–Trinajstić information content (AvgIpc) is 3.49. The maximum Gasteiger partial charge on any atom is 0.418 e. The van der Waals surface area contributed by atoms with Gasteiger partial charge in [0.15, 0.2) is 11.6 Å². The summed E-state index contributed by atoms with van der Waals surface area (Å²) in [6, 6.07) is 3.03. The highest BCUT2D eigenvalue weighted by molar-refractivity contribution is 6.36. The number of alkyl halides is 4. The van der Waals surface area contributed by atoms with Crippen molar-refractivity contribution < 1.29 is 31.4 Å². The van der Waals surface area contributed by atoms with Crippen molar-refractivity contribution in [2.75, 3.05) is 43.9 Å². The number of hydrogen-bond acceptors (Lipinski definition) is 9. The second-order valence-corrected chi connectivity index (χ2v) is 13.8. The number of anilines is 2. The second kappa shape index (κ2) is 11.2. The molecule has 0 unspecified atom stereocenters. The quantitative estimate of drug-likeness (QED) is 0.297. The van der Waals surface area contributed by atoms with Crippen molar-refractivity contribution in [3.8, 4) is 29.1 Å². The van der Waals surface area contributed by atoms with Crippen LogP contribution in [0.5, 0.6) is 11.8 Å². The van der Waals surface area contributed by atoms with Gasteiger partial charge in [-0.3, -0.25) is 4.90 Å². The van der Waals surface area contributed by atoms with Gasteiger partial charge in [-0.15, -0.1) is 0 Å². The Bertz CT molecular complexity index is 1810. The zero-order valence-corrected chi connectivity index (χ0v) is 26.6. The van der Waals surface area contributed by atoms with Crippen molar-refractivity contribution in [2.45, 2.75) is 75.4 Å². The van der Waals surface area contributed by atoms with Crippen molar-refractivity contribution in [3.63, 3.8) is 0 Å². The summed E-state index contributed by atoms with van der Waals surface area (Å²) in [5, 5.41) is 8.90. The number of fused-ring (bicyclic) bond motifs is 1. The van der Waals surface area contributed by atoms with Crippen LogP contribution in [0.2, 0.25) is 5.02 Å². The monoisotopic (exact) mass is 677 g/mol. The molecule has 5 heterocycles. The van der Waals surface area contributed by atoms with Crippen molar-refractivity contribution in [2.24, 2.45) is 5.92 Å². The Morgan fingerprint density at radius 3 is 2.68 bits per heavy atom. The van der Waals surface area contributed by atoms with E-state index in [0.717, 1.165) is 25.5 Å². The number of halogens is 6. The zero-order chi connectivity index (χ0) is 33.5. The standard InChI is InChI=1S/C32H33ClF5N7O2/c1-16-10-19(40)41-25(22(16)32(36,37)38)20-23(33)27-21-26(24(20)35)42-29(46-15-30-5-3-8-45(30)14-18(34)13-30)43-28(21)44(2)9-6-31(47-27)11-17(12-31)4-7-39/h10,17-18H,3-6,8-9,11-15H2,1-2H3,(H2,40,41)/t17?,18-,30+,31?/m1/s1. The Morgan fingerprint density at radius 2 is 1.96 bits per heavy atom. The third-order valence-corrected chi connectivity index (χ3v) is 10.6. The summed E-state index contributed by atoms with van der Waals surface area (Å²) in [7, 11) is 1.76. The lowest BCUT2D eigenvalue weighted by molar-refractivity contribution is -0.137. The zero-order valence-electron chi connectivity index (χ0n) is 25.9. The fraction of sp³-hybridized carbons (Fsp3) is 0.562. The molecule has 1 aromatic carbocycles. The van der Waals surface area contributed by atoms with Crippen molar-refractivity contribution in [1.82, 2.24) is 19.9 Å². The number of hydrogen-bond donors (Lipinski definition) is 1. The van der Waals surface area contributed by atoms with Gasteiger partial charge in [-0.2, -0.15) is 28.4 Å². The van der Waals surface area contributed by atoms with E-state index in [4.69, 9.17) is 26.8 Å². The number of aryl methyl sites for hydroxylation is 1. The molecule has 3 aromatic rings. The molecule has 9 nitrogen and oxygen atoms in total.